The number of unbranched alkanes of at least 4 members (excludes halogenated alkanes) is 18. The Morgan fingerprint density at radius 2 is 0.918 bits per heavy atom. The van der Waals surface area contributed by atoms with Crippen LogP contribution < -0.4 is 0 Å². The lowest BCUT2D eigenvalue weighted by Gasteiger charge is -2.26. The zero-order valence-electron chi connectivity index (χ0n) is 32.9. The highest BCUT2D eigenvalue weighted by atomic mass is 16.6. The standard InChI is InChI=1S/C45H82N2O2/c1-3-5-7-9-11-13-15-17-19-21-23-25-27-29-31-36-42-47(45(48)49-44-38-41-46-39-34-33-35-40-46)43-37-32-30-28-26-24-22-20-18-16-14-12-10-8-6-4-2/h11-14,17-20H,3-10,15-16,21-44H2,1-2H3/b13-11-,14-12-,19-17-,20-18-. The fourth-order valence-electron chi connectivity index (χ4n) is 6.60. The number of amides is 1. The Bertz CT molecular complexity index is 763. The fourth-order valence-corrected chi connectivity index (χ4v) is 6.60. The lowest BCUT2D eigenvalue weighted by molar-refractivity contribution is 0.0948. The number of likely N-dealkylation sites (tertiary alicyclic amines) is 1. The van der Waals surface area contributed by atoms with Crippen LogP contribution >= 0.6 is 0 Å². The molecule has 1 rings (SSSR count). The first-order valence-electron chi connectivity index (χ1n) is 21.5. The number of hydrogen-bond donors (Lipinski definition) is 0. The van der Waals surface area contributed by atoms with Gasteiger partial charge in [-0.3, -0.25) is 0 Å². The minimum absolute atomic E-state index is 0.0798. The van der Waals surface area contributed by atoms with E-state index >= 15 is 0 Å². The molecule has 0 unspecified atom stereocenters. The Kier molecular flexibility index (Phi) is 34.6. The molecule has 0 aromatic rings. The molecule has 1 aliphatic heterocycles. The van der Waals surface area contributed by atoms with Gasteiger partial charge in [0.25, 0.3) is 0 Å². The van der Waals surface area contributed by atoms with Crippen molar-refractivity contribution in [3.8, 4) is 0 Å². The molecule has 0 spiro atoms. The molecule has 1 amide bonds. The second-order valence-corrected chi connectivity index (χ2v) is 14.5. The van der Waals surface area contributed by atoms with Crippen molar-refractivity contribution in [2.75, 3.05) is 39.3 Å². The van der Waals surface area contributed by atoms with E-state index in [1.807, 2.05) is 4.90 Å². The van der Waals surface area contributed by atoms with Gasteiger partial charge in [0.05, 0.1) is 6.61 Å². The van der Waals surface area contributed by atoms with Gasteiger partial charge in [-0.15, -0.1) is 0 Å². The van der Waals surface area contributed by atoms with Gasteiger partial charge in [-0.05, 0) is 109 Å². The zero-order chi connectivity index (χ0) is 35.1. The number of allylic oxidation sites excluding steroid dienone is 8. The molecular weight excluding hydrogens is 601 g/mol. The summed E-state index contributed by atoms with van der Waals surface area (Å²) >= 11 is 0. The van der Waals surface area contributed by atoms with E-state index in [-0.39, 0.29) is 6.09 Å². The minimum Gasteiger partial charge on any atom is -0.449 e. The maximum Gasteiger partial charge on any atom is 0.409 e. The van der Waals surface area contributed by atoms with Crippen molar-refractivity contribution >= 4 is 6.09 Å². The van der Waals surface area contributed by atoms with E-state index in [4.69, 9.17) is 4.74 Å². The highest BCUT2D eigenvalue weighted by Gasteiger charge is 2.15. The van der Waals surface area contributed by atoms with Crippen LogP contribution in [-0.4, -0.2) is 55.2 Å². The molecule has 284 valence electrons. The average Bonchev–Trinajstić information content (AvgIpc) is 3.12. The monoisotopic (exact) mass is 683 g/mol. The van der Waals surface area contributed by atoms with Crippen molar-refractivity contribution in [2.24, 2.45) is 0 Å². The first kappa shape index (κ1) is 45.2. The second-order valence-electron chi connectivity index (χ2n) is 14.5. The normalized spacial score (nSPS) is 14.3. The quantitative estimate of drug-likeness (QED) is 0.0500. The summed E-state index contributed by atoms with van der Waals surface area (Å²) in [6.07, 6.45) is 53.5. The Balaban J connectivity index is 2.18. The summed E-state index contributed by atoms with van der Waals surface area (Å²) in [5.74, 6) is 0. The third-order valence-electron chi connectivity index (χ3n) is 9.81. The number of rotatable bonds is 34. The highest BCUT2D eigenvalue weighted by molar-refractivity contribution is 5.67. The van der Waals surface area contributed by atoms with Crippen LogP contribution in [0.25, 0.3) is 0 Å². The molecule has 0 aromatic carbocycles. The minimum atomic E-state index is -0.0798. The van der Waals surface area contributed by atoms with Gasteiger partial charge in [-0.1, -0.05) is 146 Å². The Morgan fingerprint density at radius 1 is 0.510 bits per heavy atom. The van der Waals surface area contributed by atoms with Gasteiger partial charge >= 0.3 is 6.09 Å². The molecule has 0 saturated carbocycles. The summed E-state index contributed by atoms with van der Waals surface area (Å²) in [4.78, 5) is 17.6. The van der Waals surface area contributed by atoms with Crippen LogP contribution in [0.1, 0.15) is 194 Å². The molecule has 0 atom stereocenters. The van der Waals surface area contributed by atoms with Crippen LogP contribution in [0, 0.1) is 0 Å². The molecule has 0 aliphatic carbocycles. The van der Waals surface area contributed by atoms with Gasteiger partial charge in [-0.25, -0.2) is 4.79 Å². The maximum atomic E-state index is 13.0. The average molecular weight is 683 g/mol. The molecular formula is C45H82N2O2. The molecule has 4 heteroatoms. The summed E-state index contributed by atoms with van der Waals surface area (Å²) < 4.78 is 5.79. The SMILES string of the molecule is CCCCC/C=C\C/C=C\CCCCCCCCN(CCCCCCCC/C=C\C/C=C\CCCCC)C(=O)OCCCN1CCCCC1. The van der Waals surface area contributed by atoms with Crippen molar-refractivity contribution in [3.63, 3.8) is 0 Å². The molecule has 1 aliphatic rings. The number of carbonyl (C=O) groups excluding carboxylic acids is 1. The topological polar surface area (TPSA) is 32.8 Å². The number of hydrogen-bond acceptors (Lipinski definition) is 3. The third kappa shape index (κ3) is 31.9. The number of piperidine rings is 1. The number of carbonyl (C=O) groups is 1. The van der Waals surface area contributed by atoms with Crippen LogP contribution in [-0.2, 0) is 4.74 Å². The second kappa shape index (κ2) is 37.4. The zero-order valence-corrected chi connectivity index (χ0v) is 32.9. The molecule has 0 radical (unpaired) electrons. The molecule has 1 heterocycles. The van der Waals surface area contributed by atoms with Crippen molar-refractivity contribution in [1.29, 1.82) is 0 Å². The van der Waals surface area contributed by atoms with Crippen LogP contribution in [0.4, 0.5) is 4.79 Å². The number of nitrogens with zero attached hydrogens (tertiary/aromatic N) is 2. The van der Waals surface area contributed by atoms with Gasteiger partial charge in [-0.2, -0.15) is 0 Å². The molecule has 0 aromatic heterocycles. The predicted octanol–water partition coefficient (Wildman–Crippen LogP) is 13.9. The first-order chi connectivity index (χ1) is 24.3. The van der Waals surface area contributed by atoms with E-state index in [1.165, 1.54) is 161 Å². The Hall–Kier alpha value is -1.81. The molecule has 1 saturated heterocycles. The van der Waals surface area contributed by atoms with Gasteiger partial charge < -0.3 is 14.5 Å². The van der Waals surface area contributed by atoms with Crippen LogP contribution in [0.2, 0.25) is 0 Å². The fraction of sp³-hybridized carbons (Fsp3) is 0.800. The first-order valence-corrected chi connectivity index (χ1v) is 21.5. The van der Waals surface area contributed by atoms with Crippen LogP contribution in [0.3, 0.4) is 0 Å². The summed E-state index contributed by atoms with van der Waals surface area (Å²) in [7, 11) is 0. The largest absolute Gasteiger partial charge is 0.449 e. The van der Waals surface area contributed by atoms with Crippen LogP contribution in [0.5, 0.6) is 0 Å². The van der Waals surface area contributed by atoms with E-state index in [1.54, 1.807) is 0 Å². The van der Waals surface area contributed by atoms with E-state index in [0.29, 0.717) is 6.61 Å². The third-order valence-corrected chi connectivity index (χ3v) is 9.81. The smallest absolute Gasteiger partial charge is 0.409 e. The highest BCUT2D eigenvalue weighted by Crippen LogP contribution is 2.13. The van der Waals surface area contributed by atoms with Gasteiger partial charge in [0, 0.05) is 19.6 Å². The van der Waals surface area contributed by atoms with E-state index in [0.717, 1.165) is 51.7 Å². The Morgan fingerprint density at radius 3 is 1.37 bits per heavy atom. The molecule has 49 heavy (non-hydrogen) atoms. The summed E-state index contributed by atoms with van der Waals surface area (Å²) in [5, 5.41) is 0. The van der Waals surface area contributed by atoms with Crippen molar-refractivity contribution in [3.05, 3.63) is 48.6 Å². The lowest BCUT2D eigenvalue weighted by Crippen LogP contribution is -2.35. The van der Waals surface area contributed by atoms with Crippen molar-refractivity contribution in [1.82, 2.24) is 9.80 Å². The Labute approximate surface area is 306 Å². The summed E-state index contributed by atoms with van der Waals surface area (Å²) in [5.41, 5.74) is 0. The molecule has 1 fully saturated rings. The van der Waals surface area contributed by atoms with Gasteiger partial charge in [0.2, 0.25) is 0 Å². The molecule has 4 nitrogen and oxygen atoms in total. The predicted molar refractivity (Wildman–Crippen MR) is 217 cm³/mol. The van der Waals surface area contributed by atoms with E-state index in [2.05, 4.69) is 67.4 Å². The van der Waals surface area contributed by atoms with Crippen molar-refractivity contribution in [2.45, 2.75) is 194 Å². The summed E-state index contributed by atoms with van der Waals surface area (Å²) in [6.45, 7) is 10.3. The molecule has 0 N–H and O–H groups in total. The summed E-state index contributed by atoms with van der Waals surface area (Å²) in [6, 6.07) is 0. The van der Waals surface area contributed by atoms with E-state index in [9.17, 15) is 4.79 Å². The van der Waals surface area contributed by atoms with Crippen molar-refractivity contribution < 1.29 is 9.53 Å². The van der Waals surface area contributed by atoms with E-state index < -0.39 is 0 Å². The van der Waals surface area contributed by atoms with Gasteiger partial charge in [0.1, 0.15) is 0 Å². The lowest BCUT2D eigenvalue weighted by atomic mass is 10.1. The molecule has 0 bridgehead atoms. The number of ether oxygens (including phenoxy) is 1. The van der Waals surface area contributed by atoms with Crippen LogP contribution in [0.15, 0.2) is 48.6 Å². The van der Waals surface area contributed by atoms with Gasteiger partial charge in [0.15, 0.2) is 0 Å². The maximum absolute atomic E-state index is 13.0.